The molecule has 0 bridgehead atoms. The van der Waals surface area contributed by atoms with E-state index in [4.69, 9.17) is 11.6 Å². The molecule has 0 aliphatic rings. The van der Waals surface area contributed by atoms with Gasteiger partial charge in [-0.05, 0) is 25.3 Å². The number of halogens is 1. The lowest BCUT2D eigenvalue weighted by Crippen LogP contribution is -2.27. The van der Waals surface area contributed by atoms with Crippen molar-refractivity contribution in [1.29, 1.82) is 0 Å². The van der Waals surface area contributed by atoms with Crippen molar-refractivity contribution in [2.75, 3.05) is 0 Å². The minimum absolute atomic E-state index is 0.234. The fourth-order valence-electron chi connectivity index (χ4n) is 3.31. The number of aliphatic carboxylic acids is 1. The van der Waals surface area contributed by atoms with Gasteiger partial charge in [0.15, 0.2) is 4.87 Å². The van der Waals surface area contributed by atoms with Crippen molar-refractivity contribution in [3.05, 3.63) is 47.9 Å². The summed E-state index contributed by atoms with van der Waals surface area (Å²) in [6.07, 6.45) is 16.2. The molecular weight excluding hydrogens is 384 g/mol. The van der Waals surface area contributed by atoms with Crippen molar-refractivity contribution in [2.24, 2.45) is 0 Å². The molecule has 0 saturated heterocycles. The van der Waals surface area contributed by atoms with Crippen molar-refractivity contribution in [1.82, 2.24) is 9.97 Å². The first-order chi connectivity index (χ1) is 13.9. The normalized spacial score (nSPS) is 13.2. The van der Waals surface area contributed by atoms with Crippen LogP contribution in [0.3, 0.4) is 0 Å². The van der Waals surface area contributed by atoms with E-state index in [2.05, 4.69) is 29.0 Å². The van der Waals surface area contributed by atoms with Crippen LogP contribution in [0.5, 0.6) is 0 Å². The van der Waals surface area contributed by atoms with Crippen molar-refractivity contribution in [3.8, 4) is 11.3 Å². The molecule has 4 nitrogen and oxygen atoms in total. The Bertz CT molecular complexity index is 742. The van der Waals surface area contributed by atoms with Crippen LogP contribution in [0.4, 0.5) is 0 Å². The van der Waals surface area contributed by atoms with E-state index < -0.39 is 10.8 Å². The van der Waals surface area contributed by atoms with Gasteiger partial charge >= 0.3 is 5.97 Å². The number of unbranched alkanes of at least 4 members (excludes halogenated alkanes) is 8. The molecule has 1 heterocycles. The predicted octanol–water partition coefficient (Wildman–Crippen LogP) is 6.76. The van der Waals surface area contributed by atoms with Crippen LogP contribution in [-0.2, 0) is 16.1 Å². The fraction of sp³-hybridized carbons (Fsp3) is 0.542. The molecule has 0 fully saturated rings. The molecule has 0 spiro atoms. The number of hydrogen-bond acceptors (Lipinski definition) is 3. The maximum absolute atomic E-state index is 11.2. The van der Waals surface area contributed by atoms with Crippen LogP contribution in [0.2, 0.25) is 0 Å². The number of carboxylic acid groups (broad SMARTS) is 1. The van der Waals surface area contributed by atoms with Gasteiger partial charge in [0.1, 0.15) is 0 Å². The SMILES string of the molecule is CCCCCCCCCCCc1ccc(-c2cnc([C@@](C)(Cl)C(=O)O)cn2)cc1. The zero-order valence-electron chi connectivity index (χ0n) is 17.7. The maximum Gasteiger partial charge on any atom is 0.330 e. The Hall–Kier alpha value is -1.94. The van der Waals surface area contributed by atoms with Gasteiger partial charge in [-0.25, -0.2) is 4.79 Å². The van der Waals surface area contributed by atoms with Crippen LogP contribution in [0.1, 0.15) is 82.9 Å². The van der Waals surface area contributed by atoms with Gasteiger partial charge in [-0.1, -0.05) is 94.2 Å². The highest BCUT2D eigenvalue weighted by molar-refractivity contribution is 6.33. The number of carbonyl (C=O) groups is 1. The molecule has 0 unspecified atom stereocenters. The van der Waals surface area contributed by atoms with E-state index in [1.807, 2.05) is 12.1 Å². The smallest absolute Gasteiger partial charge is 0.330 e. The van der Waals surface area contributed by atoms with Crippen molar-refractivity contribution in [3.63, 3.8) is 0 Å². The summed E-state index contributed by atoms with van der Waals surface area (Å²) in [6.45, 7) is 3.66. The van der Waals surface area contributed by atoms with E-state index in [1.165, 1.54) is 76.5 Å². The monoisotopic (exact) mass is 416 g/mol. The molecule has 1 atom stereocenters. The first kappa shape index (κ1) is 23.3. The number of alkyl halides is 1. The van der Waals surface area contributed by atoms with E-state index in [9.17, 15) is 9.90 Å². The average molecular weight is 417 g/mol. The number of rotatable bonds is 13. The molecule has 0 aliphatic heterocycles. The molecule has 5 heteroatoms. The second-order valence-electron chi connectivity index (χ2n) is 7.87. The number of nitrogens with zero attached hydrogens (tertiary/aromatic N) is 2. The van der Waals surface area contributed by atoms with Crippen molar-refractivity contribution < 1.29 is 9.90 Å². The molecule has 2 aromatic rings. The molecule has 2 rings (SSSR count). The minimum Gasteiger partial charge on any atom is -0.480 e. The summed E-state index contributed by atoms with van der Waals surface area (Å²) in [7, 11) is 0. The lowest BCUT2D eigenvalue weighted by Gasteiger charge is -2.15. The quantitative estimate of drug-likeness (QED) is 0.289. The van der Waals surface area contributed by atoms with Crippen LogP contribution >= 0.6 is 11.6 Å². The average Bonchev–Trinajstić information content (AvgIpc) is 2.73. The van der Waals surface area contributed by atoms with Gasteiger partial charge < -0.3 is 5.11 Å². The van der Waals surface area contributed by atoms with Gasteiger partial charge in [0.25, 0.3) is 0 Å². The van der Waals surface area contributed by atoms with Crippen LogP contribution in [0.15, 0.2) is 36.7 Å². The largest absolute Gasteiger partial charge is 0.480 e. The van der Waals surface area contributed by atoms with E-state index in [0.717, 1.165) is 12.0 Å². The Morgan fingerprint density at radius 3 is 2.03 bits per heavy atom. The molecule has 29 heavy (non-hydrogen) atoms. The molecule has 1 aromatic heterocycles. The Balaban J connectivity index is 1.76. The zero-order valence-corrected chi connectivity index (χ0v) is 18.4. The molecule has 1 N–H and O–H groups in total. The summed E-state index contributed by atoms with van der Waals surface area (Å²) in [5, 5.41) is 9.17. The van der Waals surface area contributed by atoms with Gasteiger partial charge in [0.05, 0.1) is 23.8 Å². The van der Waals surface area contributed by atoms with Gasteiger partial charge in [-0.3, -0.25) is 9.97 Å². The zero-order chi connectivity index (χ0) is 21.1. The fourth-order valence-corrected chi connectivity index (χ4v) is 3.41. The summed E-state index contributed by atoms with van der Waals surface area (Å²) >= 11 is 6.02. The maximum atomic E-state index is 11.2. The van der Waals surface area contributed by atoms with Gasteiger partial charge in [-0.15, -0.1) is 0 Å². The third kappa shape index (κ3) is 7.43. The molecule has 0 radical (unpaired) electrons. The second kappa shape index (κ2) is 11.9. The van der Waals surface area contributed by atoms with Crippen LogP contribution in [0.25, 0.3) is 11.3 Å². The molecule has 158 valence electrons. The Kier molecular flexibility index (Phi) is 9.59. The number of benzene rings is 1. The second-order valence-corrected chi connectivity index (χ2v) is 8.63. The van der Waals surface area contributed by atoms with Crippen molar-refractivity contribution in [2.45, 2.75) is 82.9 Å². The van der Waals surface area contributed by atoms with Crippen LogP contribution in [0, 0.1) is 0 Å². The van der Waals surface area contributed by atoms with Gasteiger partial charge in [0, 0.05) is 5.56 Å². The number of aromatic nitrogens is 2. The molecule has 1 aromatic carbocycles. The molecule has 0 aliphatic carbocycles. The first-order valence-electron chi connectivity index (χ1n) is 10.8. The van der Waals surface area contributed by atoms with Crippen LogP contribution < -0.4 is 0 Å². The molecule has 0 amide bonds. The summed E-state index contributed by atoms with van der Waals surface area (Å²) in [5.41, 5.74) is 3.24. The Morgan fingerprint density at radius 2 is 1.52 bits per heavy atom. The Morgan fingerprint density at radius 1 is 0.931 bits per heavy atom. The van der Waals surface area contributed by atoms with Crippen molar-refractivity contribution >= 4 is 17.6 Å². The van der Waals surface area contributed by atoms with Gasteiger partial charge in [0.2, 0.25) is 0 Å². The van der Waals surface area contributed by atoms with E-state index in [0.29, 0.717) is 5.69 Å². The lowest BCUT2D eigenvalue weighted by atomic mass is 10.0. The van der Waals surface area contributed by atoms with E-state index >= 15 is 0 Å². The first-order valence-corrected chi connectivity index (χ1v) is 11.2. The van der Waals surface area contributed by atoms with E-state index in [1.54, 1.807) is 6.20 Å². The highest BCUT2D eigenvalue weighted by Gasteiger charge is 2.34. The van der Waals surface area contributed by atoms with E-state index in [-0.39, 0.29) is 5.69 Å². The third-order valence-electron chi connectivity index (χ3n) is 5.35. The summed E-state index contributed by atoms with van der Waals surface area (Å²) in [4.78, 5) is 18.2. The van der Waals surface area contributed by atoms with Gasteiger partial charge in [-0.2, -0.15) is 0 Å². The Labute approximate surface area is 179 Å². The standard InChI is InChI=1S/C24H33ClN2O2/c1-3-4-5-6-7-8-9-10-11-12-19-13-15-20(16-14-19)21-17-27-22(18-26-21)24(2,25)23(28)29/h13-18H,3-12H2,1-2H3,(H,28,29)/t24-/m1/s1. The number of aryl methyl sites for hydroxylation is 1. The number of carboxylic acids is 1. The summed E-state index contributed by atoms with van der Waals surface area (Å²) < 4.78 is 0. The highest BCUT2D eigenvalue weighted by Crippen LogP contribution is 2.27. The molecule has 0 saturated carbocycles. The highest BCUT2D eigenvalue weighted by atomic mass is 35.5. The van der Waals surface area contributed by atoms with Crippen LogP contribution in [-0.4, -0.2) is 21.0 Å². The summed E-state index contributed by atoms with van der Waals surface area (Å²) in [6, 6.07) is 8.37. The minimum atomic E-state index is -1.56. The third-order valence-corrected chi connectivity index (χ3v) is 5.71. The topological polar surface area (TPSA) is 63.1 Å². The predicted molar refractivity (Wildman–Crippen MR) is 119 cm³/mol. The number of hydrogen-bond donors (Lipinski definition) is 1. The summed E-state index contributed by atoms with van der Waals surface area (Å²) in [5.74, 6) is -1.14. The lowest BCUT2D eigenvalue weighted by molar-refractivity contribution is -0.140. The molecular formula is C24H33ClN2O2.